The van der Waals surface area contributed by atoms with Crippen LogP contribution in [0.3, 0.4) is 0 Å². The van der Waals surface area contributed by atoms with Gasteiger partial charge in [0.2, 0.25) is 0 Å². The van der Waals surface area contributed by atoms with Crippen molar-refractivity contribution in [1.82, 2.24) is 10.6 Å². The number of carbonyl (C=O) groups excluding carboxylic acids is 2. The zero-order valence-corrected chi connectivity index (χ0v) is 19.8. The van der Waals surface area contributed by atoms with Crippen LogP contribution in [0.2, 0.25) is 0 Å². The molecule has 0 aliphatic rings. The summed E-state index contributed by atoms with van der Waals surface area (Å²) in [6, 6.07) is 8.31. The van der Waals surface area contributed by atoms with E-state index >= 15 is 0 Å². The Bertz CT molecular complexity index is 1110. The summed E-state index contributed by atoms with van der Waals surface area (Å²) in [7, 11) is -4.95. The molecule has 0 aliphatic heterocycles. The fourth-order valence-electron chi connectivity index (χ4n) is 2.71. The Labute approximate surface area is 200 Å². The number of nitrogens with one attached hydrogen (secondary N) is 2. The molecule has 2 amide bonds. The molecule has 0 radical (unpaired) electrons. The Morgan fingerprint density at radius 2 is 1.44 bits per heavy atom. The first kappa shape index (κ1) is 27.4. The molecule has 0 heterocycles. The lowest BCUT2D eigenvalue weighted by atomic mass is 10.1. The summed E-state index contributed by atoms with van der Waals surface area (Å²) in [5, 5.41) is 18.7. The molecule has 2 aromatic rings. The van der Waals surface area contributed by atoms with Crippen molar-refractivity contribution >= 4 is 34.0 Å². The molecule has 12 nitrogen and oxygen atoms in total. The highest BCUT2D eigenvalue weighted by Crippen LogP contribution is 2.36. The highest BCUT2D eigenvalue weighted by Gasteiger charge is 2.16. The molecule has 0 spiro atoms. The Morgan fingerprint density at radius 3 is 1.97 bits per heavy atom. The van der Waals surface area contributed by atoms with Gasteiger partial charge < -0.3 is 29.9 Å². The summed E-state index contributed by atoms with van der Waals surface area (Å²) in [4.78, 5) is 22.8. The van der Waals surface area contributed by atoms with Crippen LogP contribution < -0.4 is 25.4 Å². The maximum Gasteiger partial charge on any atom is 0.257 e. The minimum absolute atomic E-state index is 0.190. The van der Waals surface area contributed by atoms with Crippen molar-refractivity contribution in [3.05, 3.63) is 36.4 Å². The first-order valence-electron chi connectivity index (χ1n) is 9.86. The Balaban J connectivity index is 2.37. The zero-order valence-electron chi connectivity index (χ0n) is 18.2. The highest BCUT2D eigenvalue weighted by atomic mass is 32.2. The number of hydrogen-bond donors (Lipinski definition) is 2. The van der Waals surface area contributed by atoms with Gasteiger partial charge in [-0.1, -0.05) is 12.1 Å². The molecule has 2 aromatic carbocycles. The van der Waals surface area contributed by atoms with Gasteiger partial charge in [0.05, 0.1) is 21.8 Å². The van der Waals surface area contributed by atoms with Gasteiger partial charge in [0.15, 0.2) is 13.2 Å². The molecule has 14 heteroatoms. The summed E-state index contributed by atoms with van der Waals surface area (Å²) >= 11 is 0.509. The molecule has 0 saturated heterocycles. The normalized spacial score (nSPS) is 11.1. The van der Waals surface area contributed by atoms with E-state index in [1.54, 1.807) is 19.9 Å². The molecule has 0 unspecified atom stereocenters. The van der Waals surface area contributed by atoms with E-state index in [2.05, 4.69) is 20.0 Å². The van der Waals surface area contributed by atoms with E-state index < -0.39 is 27.5 Å². The fraction of sp³-hybridized carbons (Fsp3) is 0.300. The molecule has 0 saturated carbocycles. The lowest BCUT2D eigenvalue weighted by Gasteiger charge is -2.16. The Morgan fingerprint density at radius 1 is 0.912 bits per heavy atom. The van der Waals surface area contributed by atoms with Gasteiger partial charge in [0, 0.05) is 13.1 Å². The van der Waals surface area contributed by atoms with Crippen molar-refractivity contribution in [3.8, 4) is 22.6 Å². The summed E-state index contributed by atoms with van der Waals surface area (Å²) in [6.45, 7) is 3.47. The number of rotatable bonds is 13. The van der Waals surface area contributed by atoms with Gasteiger partial charge >= 0.3 is 0 Å². The van der Waals surface area contributed by atoms with Crippen LogP contribution in [0.1, 0.15) is 13.8 Å². The molecular formula is C20H22N2O10S2-2. The highest BCUT2D eigenvalue weighted by molar-refractivity contribution is 7.94. The van der Waals surface area contributed by atoms with Crippen molar-refractivity contribution in [2.24, 2.45) is 0 Å². The number of likely N-dealkylation sites (N-methyl/N-ethyl adjacent to an activating group) is 2. The van der Waals surface area contributed by atoms with E-state index in [9.17, 15) is 27.8 Å². The number of benzene rings is 2. The van der Waals surface area contributed by atoms with Crippen LogP contribution in [-0.2, 0) is 29.1 Å². The van der Waals surface area contributed by atoms with E-state index in [-0.39, 0.29) is 28.9 Å². The van der Waals surface area contributed by atoms with Crippen LogP contribution >= 0.6 is 12.0 Å². The van der Waals surface area contributed by atoms with E-state index in [1.807, 2.05) is 0 Å². The minimum Gasteiger partial charge on any atom is -0.744 e. The van der Waals surface area contributed by atoms with Gasteiger partial charge in [-0.15, -0.1) is 0 Å². The lowest BCUT2D eigenvalue weighted by molar-refractivity contribution is -0.777. The third kappa shape index (κ3) is 8.16. The van der Waals surface area contributed by atoms with Gasteiger partial charge in [-0.05, 0) is 49.2 Å². The van der Waals surface area contributed by atoms with E-state index in [0.717, 1.165) is 6.07 Å². The van der Waals surface area contributed by atoms with Gasteiger partial charge in [-0.25, -0.2) is 8.42 Å². The molecule has 0 fully saturated rings. The summed E-state index contributed by atoms with van der Waals surface area (Å²) < 4.78 is 50.4. The monoisotopic (exact) mass is 514 g/mol. The summed E-state index contributed by atoms with van der Waals surface area (Å²) in [6.07, 6.45) is 0. The molecule has 2 N–H and O–H groups in total. The molecule has 186 valence electrons. The van der Waals surface area contributed by atoms with Gasteiger partial charge in [0.25, 0.3) is 11.8 Å². The molecule has 34 heavy (non-hydrogen) atoms. The second-order valence-electron chi connectivity index (χ2n) is 6.48. The second kappa shape index (κ2) is 13.1. The van der Waals surface area contributed by atoms with Crippen LogP contribution in [0.15, 0.2) is 46.2 Å². The predicted molar refractivity (Wildman–Crippen MR) is 116 cm³/mol. The summed E-state index contributed by atoms with van der Waals surface area (Å²) in [5.74, 6) is -0.927. The van der Waals surface area contributed by atoms with Crippen LogP contribution in [-0.4, -0.2) is 51.1 Å². The van der Waals surface area contributed by atoms with Crippen molar-refractivity contribution in [3.63, 3.8) is 0 Å². The molecule has 2 rings (SSSR count). The van der Waals surface area contributed by atoms with Crippen LogP contribution in [0.25, 0.3) is 11.1 Å². The quantitative estimate of drug-likeness (QED) is 0.165. The van der Waals surface area contributed by atoms with Crippen molar-refractivity contribution in [1.29, 1.82) is 0 Å². The van der Waals surface area contributed by atoms with E-state index in [1.165, 1.54) is 24.3 Å². The van der Waals surface area contributed by atoms with Crippen molar-refractivity contribution in [2.75, 3.05) is 26.3 Å². The number of ether oxygens (including phenoxy) is 2. The van der Waals surface area contributed by atoms with E-state index in [0.29, 0.717) is 36.3 Å². The minimum atomic E-state index is -4.95. The lowest BCUT2D eigenvalue weighted by Crippen LogP contribution is -2.28. The Kier molecular flexibility index (Phi) is 10.6. The van der Waals surface area contributed by atoms with Gasteiger partial charge in [-0.2, -0.15) is 4.33 Å². The first-order valence-corrected chi connectivity index (χ1v) is 12.0. The third-order valence-corrected chi connectivity index (χ3v) is 5.59. The smallest absolute Gasteiger partial charge is 0.257 e. The van der Waals surface area contributed by atoms with E-state index in [4.69, 9.17) is 9.47 Å². The van der Waals surface area contributed by atoms with Crippen LogP contribution in [0, 0.1) is 0 Å². The standard InChI is InChI=1S/C20H24N2O10S2/c1-3-21-19(23)11-29-15-7-5-13(9-17(15)33-32-31-25)14-6-8-16(18(10-14)34(26,27)28)30-12-20(24)22-4-2/h5-10,25H,3-4,11-12H2,1-2H3,(H,21,23)(H,22,24)(H,26,27,28)/p-2. The first-order chi connectivity index (χ1) is 16.2. The maximum absolute atomic E-state index is 11.8. The molecule has 0 aromatic heterocycles. The number of carbonyl (C=O) groups is 2. The molecule has 0 aliphatic carbocycles. The predicted octanol–water partition coefficient (Wildman–Crippen LogP) is 0.518. The van der Waals surface area contributed by atoms with Crippen molar-refractivity contribution < 1.29 is 46.7 Å². The van der Waals surface area contributed by atoms with Crippen LogP contribution in [0.4, 0.5) is 0 Å². The van der Waals surface area contributed by atoms with Crippen LogP contribution in [0.5, 0.6) is 11.5 Å². The fourth-order valence-corrected chi connectivity index (χ4v) is 3.84. The maximum atomic E-state index is 11.8. The zero-order chi connectivity index (χ0) is 25.1. The molecular weight excluding hydrogens is 492 g/mol. The SMILES string of the molecule is CCNC(=O)COc1ccc(-c2ccc(OCC(=O)NCC)c(S(=O)(=O)[O-])c2)cc1SOO[O-]. The number of amides is 2. The largest absolute Gasteiger partial charge is 0.744 e. The average Bonchev–Trinajstić information content (AvgIpc) is 2.80. The Hall–Kier alpha value is -2.88. The topological polar surface area (TPSA) is 175 Å². The molecule has 0 bridgehead atoms. The molecule has 0 atom stereocenters. The van der Waals surface area contributed by atoms with Gasteiger partial charge in [-0.3, -0.25) is 14.6 Å². The second-order valence-corrected chi connectivity index (χ2v) is 8.57. The third-order valence-electron chi connectivity index (χ3n) is 4.11. The van der Waals surface area contributed by atoms with Crippen molar-refractivity contribution in [2.45, 2.75) is 23.6 Å². The summed E-state index contributed by atoms with van der Waals surface area (Å²) in [5.41, 5.74) is 0.725. The average molecular weight is 515 g/mol. The number of hydrogen-bond acceptors (Lipinski definition) is 11. The van der Waals surface area contributed by atoms with Gasteiger partial charge in [0.1, 0.15) is 21.6 Å².